The number of carbonyl (C=O) groups is 2. The second-order valence-corrected chi connectivity index (χ2v) is 8.41. The maximum absolute atomic E-state index is 12.1. The molecule has 10 heteroatoms. The number of urea groups is 1. The summed E-state index contributed by atoms with van der Waals surface area (Å²) in [4.78, 5) is 24.3. The molecule has 0 bridgehead atoms. The van der Waals surface area contributed by atoms with Crippen molar-refractivity contribution in [3.63, 3.8) is 0 Å². The van der Waals surface area contributed by atoms with Gasteiger partial charge in [0.25, 0.3) is 0 Å². The fraction of sp³-hybridized carbons (Fsp3) is 0.500. The molecule has 0 unspecified atom stereocenters. The Labute approximate surface area is 172 Å². The summed E-state index contributed by atoms with van der Waals surface area (Å²) in [7, 11) is 0. The summed E-state index contributed by atoms with van der Waals surface area (Å²) >= 11 is 7.05. The van der Waals surface area contributed by atoms with Crippen LogP contribution in [0.1, 0.15) is 33.1 Å². The Bertz CT molecular complexity index is 828. The van der Waals surface area contributed by atoms with Crippen molar-refractivity contribution in [2.24, 2.45) is 11.8 Å². The third-order valence-corrected chi connectivity index (χ3v) is 6.29. The first kappa shape index (κ1) is 20.6. The van der Waals surface area contributed by atoms with Crippen LogP contribution in [0.5, 0.6) is 0 Å². The van der Waals surface area contributed by atoms with E-state index in [4.69, 9.17) is 11.6 Å². The topological polar surface area (TPSA) is 102 Å². The number of hydrogen-bond acceptors (Lipinski definition) is 6. The Morgan fingerprint density at radius 2 is 2.00 bits per heavy atom. The Balaban J connectivity index is 1.50. The molecule has 0 saturated heterocycles. The molecule has 3 rings (SSSR count). The third-order valence-electron chi connectivity index (χ3n) is 5.12. The van der Waals surface area contributed by atoms with E-state index in [1.807, 2.05) is 0 Å². The number of imide groups is 1. The van der Waals surface area contributed by atoms with E-state index >= 15 is 0 Å². The smallest absolute Gasteiger partial charge is 0.321 e. The second kappa shape index (κ2) is 9.38. The molecule has 2 N–H and O–H groups in total. The van der Waals surface area contributed by atoms with Gasteiger partial charge in [-0.3, -0.25) is 10.1 Å². The van der Waals surface area contributed by atoms with Crippen LogP contribution in [0, 0.1) is 11.8 Å². The Hall–Kier alpha value is -2.13. The standard InChI is InChI=1S/C18H23ClN6O2S/c1-11-4-3-5-15(12(11)2)20-17(27)21-16(26)10-28-18-22-23-24-25(18)14-8-6-13(19)7-9-14/h6-9,11-12,15H,3-5,10H2,1-2H3,(H2,20,21,26,27)/t11-,12+,15-/m0/s1. The number of halogens is 1. The van der Waals surface area contributed by atoms with Gasteiger partial charge in [0, 0.05) is 11.1 Å². The summed E-state index contributed by atoms with van der Waals surface area (Å²) in [6.07, 6.45) is 3.21. The Morgan fingerprint density at radius 1 is 1.25 bits per heavy atom. The maximum Gasteiger partial charge on any atom is 0.321 e. The van der Waals surface area contributed by atoms with Gasteiger partial charge >= 0.3 is 6.03 Å². The normalized spacial score (nSPS) is 21.9. The molecule has 3 atom stereocenters. The zero-order chi connectivity index (χ0) is 20.1. The van der Waals surface area contributed by atoms with Crippen molar-refractivity contribution in [2.45, 2.75) is 44.3 Å². The van der Waals surface area contributed by atoms with Gasteiger partial charge in [0.1, 0.15) is 0 Å². The molecule has 1 aliphatic carbocycles. The van der Waals surface area contributed by atoms with E-state index in [-0.39, 0.29) is 11.8 Å². The summed E-state index contributed by atoms with van der Waals surface area (Å²) in [6.45, 7) is 4.34. The summed E-state index contributed by atoms with van der Waals surface area (Å²) in [6, 6.07) is 6.68. The van der Waals surface area contributed by atoms with Gasteiger partial charge in [0.05, 0.1) is 11.4 Å². The number of nitrogens with zero attached hydrogens (tertiary/aromatic N) is 4. The van der Waals surface area contributed by atoms with Crippen LogP contribution in [-0.4, -0.2) is 43.9 Å². The molecule has 1 heterocycles. The minimum absolute atomic E-state index is 0.0258. The average molecular weight is 423 g/mol. The van der Waals surface area contributed by atoms with Gasteiger partial charge in [-0.15, -0.1) is 5.10 Å². The number of carbonyl (C=O) groups excluding carboxylic acids is 2. The highest BCUT2D eigenvalue weighted by molar-refractivity contribution is 7.99. The second-order valence-electron chi connectivity index (χ2n) is 7.03. The van der Waals surface area contributed by atoms with E-state index in [1.165, 1.54) is 11.1 Å². The van der Waals surface area contributed by atoms with Gasteiger partial charge in [-0.2, -0.15) is 4.68 Å². The minimum atomic E-state index is -0.450. The number of rotatable bonds is 5. The molecule has 150 valence electrons. The van der Waals surface area contributed by atoms with Crippen LogP contribution in [0.25, 0.3) is 5.69 Å². The molecule has 28 heavy (non-hydrogen) atoms. The van der Waals surface area contributed by atoms with Crippen LogP contribution in [-0.2, 0) is 4.79 Å². The zero-order valence-corrected chi connectivity index (χ0v) is 17.3. The monoisotopic (exact) mass is 422 g/mol. The van der Waals surface area contributed by atoms with E-state index in [0.717, 1.165) is 30.3 Å². The highest BCUT2D eigenvalue weighted by atomic mass is 35.5. The van der Waals surface area contributed by atoms with Gasteiger partial charge < -0.3 is 5.32 Å². The maximum atomic E-state index is 12.1. The number of tetrazole rings is 1. The molecule has 1 saturated carbocycles. The molecule has 1 fully saturated rings. The van der Waals surface area contributed by atoms with Crippen LogP contribution >= 0.6 is 23.4 Å². The molecule has 1 aromatic carbocycles. The summed E-state index contributed by atoms with van der Waals surface area (Å²) in [5.74, 6) is 0.590. The third kappa shape index (κ3) is 5.23. The van der Waals surface area contributed by atoms with Crippen LogP contribution < -0.4 is 10.6 Å². The minimum Gasteiger partial charge on any atom is -0.335 e. The lowest BCUT2D eigenvalue weighted by molar-refractivity contribution is -0.117. The largest absolute Gasteiger partial charge is 0.335 e. The molecular formula is C18H23ClN6O2S. The summed E-state index contributed by atoms with van der Waals surface area (Å²) in [5.41, 5.74) is 0.732. The van der Waals surface area contributed by atoms with Crippen LogP contribution in [0.4, 0.5) is 4.79 Å². The molecular weight excluding hydrogens is 400 g/mol. The average Bonchev–Trinajstić information content (AvgIpc) is 3.13. The van der Waals surface area contributed by atoms with Crippen molar-refractivity contribution in [2.75, 3.05) is 5.75 Å². The lowest BCUT2D eigenvalue weighted by atomic mass is 9.78. The Kier molecular flexibility index (Phi) is 6.90. The zero-order valence-electron chi connectivity index (χ0n) is 15.8. The molecule has 1 aromatic heterocycles. The van der Waals surface area contributed by atoms with Crippen molar-refractivity contribution in [1.82, 2.24) is 30.8 Å². The van der Waals surface area contributed by atoms with Crippen LogP contribution in [0.3, 0.4) is 0 Å². The summed E-state index contributed by atoms with van der Waals surface area (Å²) < 4.78 is 1.51. The fourth-order valence-electron chi connectivity index (χ4n) is 3.30. The van der Waals surface area contributed by atoms with Crippen molar-refractivity contribution in [1.29, 1.82) is 0 Å². The first-order chi connectivity index (χ1) is 13.4. The van der Waals surface area contributed by atoms with Gasteiger partial charge in [0.15, 0.2) is 0 Å². The predicted octanol–water partition coefficient (Wildman–Crippen LogP) is 3.06. The number of aromatic nitrogens is 4. The molecule has 2 aromatic rings. The molecule has 8 nitrogen and oxygen atoms in total. The number of hydrogen-bond donors (Lipinski definition) is 2. The molecule has 0 radical (unpaired) electrons. The van der Waals surface area contributed by atoms with E-state index < -0.39 is 11.9 Å². The van der Waals surface area contributed by atoms with E-state index in [9.17, 15) is 9.59 Å². The lowest BCUT2D eigenvalue weighted by Crippen LogP contribution is -2.49. The van der Waals surface area contributed by atoms with Gasteiger partial charge in [0.2, 0.25) is 11.1 Å². The molecule has 0 spiro atoms. The number of benzene rings is 1. The molecule has 3 amide bonds. The molecule has 0 aliphatic heterocycles. The Morgan fingerprint density at radius 3 is 2.75 bits per heavy atom. The van der Waals surface area contributed by atoms with Gasteiger partial charge in [-0.05, 0) is 52.9 Å². The quantitative estimate of drug-likeness (QED) is 0.718. The van der Waals surface area contributed by atoms with E-state index in [0.29, 0.717) is 22.0 Å². The van der Waals surface area contributed by atoms with Gasteiger partial charge in [-0.1, -0.05) is 50.1 Å². The first-order valence-corrected chi connectivity index (χ1v) is 10.6. The van der Waals surface area contributed by atoms with Crippen molar-refractivity contribution in [3.05, 3.63) is 29.3 Å². The van der Waals surface area contributed by atoms with Crippen molar-refractivity contribution in [3.8, 4) is 5.69 Å². The van der Waals surface area contributed by atoms with E-state index in [2.05, 4.69) is 40.0 Å². The highest BCUT2D eigenvalue weighted by Gasteiger charge is 2.28. The summed E-state index contributed by atoms with van der Waals surface area (Å²) in [5, 5.41) is 17.9. The van der Waals surface area contributed by atoms with Gasteiger partial charge in [-0.25, -0.2) is 4.79 Å². The van der Waals surface area contributed by atoms with E-state index in [1.54, 1.807) is 24.3 Å². The predicted molar refractivity (Wildman–Crippen MR) is 108 cm³/mol. The lowest BCUT2D eigenvalue weighted by Gasteiger charge is -2.34. The number of thioether (sulfide) groups is 1. The van der Waals surface area contributed by atoms with Crippen LogP contribution in [0.2, 0.25) is 5.02 Å². The van der Waals surface area contributed by atoms with Crippen molar-refractivity contribution >= 4 is 35.3 Å². The molecule has 1 aliphatic rings. The van der Waals surface area contributed by atoms with Crippen molar-refractivity contribution < 1.29 is 9.59 Å². The number of nitrogens with one attached hydrogen (secondary N) is 2. The first-order valence-electron chi connectivity index (χ1n) is 9.21. The SMILES string of the molecule is C[C@H]1[C@@H](NC(=O)NC(=O)CSc2nnnn2-c2ccc(Cl)cc2)CCC[C@@H]1C. The number of amides is 3. The highest BCUT2D eigenvalue weighted by Crippen LogP contribution is 2.29. The fourth-order valence-corrected chi connectivity index (χ4v) is 4.11. The van der Waals surface area contributed by atoms with Crippen LogP contribution in [0.15, 0.2) is 29.4 Å².